The fourth-order valence-corrected chi connectivity index (χ4v) is 5.38. The number of hydrogen-bond donors (Lipinski definition) is 1. The minimum Gasteiger partial charge on any atom is -0.327 e. The summed E-state index contributed by atoms with van der Waals surface area (Å²) < 4.78 is 0. The minimum atomic E-state index is 0.459. The Morgan fingerprint density at radius 1 is 0.900 bits per heavy atom. The molecule has 2 N–H and O–H groups in total. The molecule has 0 spiro atoms. The third-order valence-electron chi connectivity index (χ3n) is 6.49. The average Bonchev–Trinajstić information content (AvgIpc) is 2.83. The van der Waals surface area contributed by atoms with Gasteiger partial charge >= 0.3 is 0 Å². The summed E-state index contributed by atoms with van der Waals surface area (Å²) in [4.78, 5) is 2.86. The Morgan fingerprint density at radius 3 is 2.35 bits per heavy atom. The van der Waals surface area contributed by atoms with Gasteiger partial charge in [-0.15, -0.1) is 0 Å². The normalized spacial score (nSPS) is 43.5. The van der Waals surface area contributed by atoms with Gasteiger partial charge in [0.2, 0.25) is 0 Å². The highest BCUT2D eigenvalue weighted by atomic mass is 15.2. The molecular weight excluding hydrogens is 244 g/mol. The highest BCUT2D eigenvalue weighted by Crippen LogP contribution is 2.44. The summed E-state index contributed by atoms with van der Waals surface area (Å²) in [5.74, 6) is 2.58. The van der Waals surface area contributed by atoms with Crippen LogP contribution in [-0.4, -0.2) is 30.1 Å². The van der Waals surface area contributed by atoms with Crippen molar-refractivity contribution in [1.82, 2.24) is 4.90 Å². The zero-order valence-corrected chi connectivity index (χ0v) is 13.8. The molecule has 20 heavy (non-hydrogen) atoms. The van der Waals surface area contributed by atoms with Gasteiger partial charge in [-0.25, -0.2) is 0 Å². The van der Waals surface area contributed by atoms with Crippen LogP contribution in [0.2, 0.25) is 0 Å². The number of hydrogen-bond acceptors (Lipinski definition) is 2. The maximum absolute atomic E-state index is 6.41. The lowest BCUT2D eigenvalue weighted by Crippen LogP contribution is -2.46. The van der Waals surface area contributed by atoms with Gasteiger partial charge < -0.3 is 5.73 Å². The van der Waals surface area contributed by atoms with E-state index in [2.05, 4.69) is 25.7 Å². The van der Waals surface area contributed by atoms with E-state index in [1.165, 1.54) is 58.0 Å². The maximum Gasteiger partial charge on any atom is 0.0129 e. The Labute approximate surface area is 125 Å². The molecule has 0 amide bonds. The smallest absolute Gasteiger partial charge is 0.0129 e. The van der Waals surface area contributed by atoms with Crippen LogP contribution >= 0.6 is 0 Å². The highest BCUT2D eigenvalue weighted by Gasteiger charge is 2.44. The quantitative estimate of drug-likeness (QED) is 0.793. The molecule has 5 atom stereocenters. The molecule has 5 unspecified atom stereocenters. The number of likely N-dealkylation sites (tertiary alicyclic amines) is 1. The van der Waals surface area contributed by atoms with Gasteiger partial charge in [0.05, 0.1) is 0 Å². The van der Waals surface area contributed by atoms with Crippen LogP contribution in [0.25, 0.3) is 0 Å². The van der Waals surface area contributed by atoms with Crippen molar-refractivity contribution in [3.8, 4) is 0 Å². The molecule has 0 aromatic rings. The van der Waals surface area contributed by atoms with Crippen LogP contribution in [0, 0.1) is 23.2 Å². The largest absolute Gasteiger partial charge is 0.327 e. The molecule has 0 radical (unpaired) electrons. The van der Waals surface area contributed by atoms with E-state index in [1.54, 1.807) is 0 Å². The first kappa shape index (κ1) is 14.8. The van der Waals surface area contributed by atoms with Gasteiger partial charge in [0, 0.05) is 25.2 Å². The molecule has 3 fully saturated rings. The predicted molar refractivity (Wildman–Crippen MR) is 85.6 cm³/mol. The average molecular weight is 278 g/mol. The fourth-order valence-electron chi connectivity index (χ4n) is 5.38. The molecule has 3 aliphatic rings. The topological polar surface area (TPSA) is 29.3 Å². The highest BCUT2D eigenvalue weighted by molar-refractivity contribution is 4.98. The van der Waals surface area contributed by atoms with E-state index in [9.17, 15) is 0 Å². The van der Waals surface area contributed by atoms with E-state index >= 15 is 0 Å². The number of nitrogens with two attached hydrogens (primary N) is 1. The Morgan fingerprint density at radius 2 is 1.65 bits per heavy atom. The van der Waals surface area contributed by atoms with Crippen LogP contribution in [0.1, 0.15) is 65.7 Å². The van der Waals surface area contributed by atoms with Gasteiger partial charge in [-0.05, 0) is 48.9 Å². The third-order valence-corrected chi connectivity index (χ3v) is 6.49. The van der Waals surface area contributed by atoms with Crippen LogP contribution in [0.5, 0.6) is 0 Å². The molecule has 1 heterocycles. The van der Waals surface area contributed by atoms with Crippen molar-refractivity contribution in [2.24, 2.45) is 28.9 Å². The molecule has 1 aliphatic heterocycles. The Hall–Kier alpha value is -0.0800. The summed E-state index contributed by atoms with van der Waals surface area (Å²) in [6, 6.07) is 1.32. The van der Waals surface area contributed by atoms with Crippen molar-refractivity contribution in [1.29, 1.82) is 0 Å². The molecule has 2 aliphatic carbocycles. The molecule has 0 bridgehead atoms. The lowest BCUT2D eigenvalue weighted by molar-refractivity contribution is 0.0520. The van der Waals surface area contributed by atoms with Crippen LogP contribution in [0.3, 0.4) is 0 Å². The molecule has 2 heteroatoms. The maximum atomic E-state index is 6.41. The lowest BCUT2D eigenvalue weighted by Gasteiger charge is -2.45. The van der Waals surface area contributed by atoms with Gasteiger partial charge in [-0.2, -0.15) is 0 Å². The Bertz CT molecular complexity index is 333. The van der Waals surface area contributed by atoms with E-state index in [4.69, 9.17) is 5.73 Å². The minimum absolute atomic E-state index is 0.459. The number of fused-ring (bicyclic) bond motifs is 1. The number of nitrogens with zero attached hydrogens (tertiary/aromatic N) is 1. The van der Waals surface area contributed by atoms with Gasteiger partial charge in [-0.3, -0.25) is 4.90 Å². The van der Waals surface area contributed by atoms with Crippen molar-refractivity contribution in [3.63, 3.8) is 0 Å². The predicted octanol–water partition coefficient (Wildman–Crippen LogP) is 3.65. The Balaban J connectivity index is 1.72. The van der Waals surface area contributed by atoms with Crippen molar-refractivity contribution in [3.05, 3.63) is 0 Å². The summed E-state index contributed by atoms with van der Waals surface area (Å²) in [6.45, 7) is 9.99. The van der Waals surface area contributed by atoms with Gasteiger partial charge in [0.15, 0.2) is 0 Å². The first-order valence-corrected chi connectivity index (χ1v) is 8.96. The summed E-state index contributed by atoms with van der Waals surface area (Å²) >= 11 is 0. The SMILES string of the molecule is CC(C)(C)C1CCCCC1N1CC2CCCC(N)C2C1. The molecule has 0 aromatic carbocycles. The molecule has 0 aromatic heterocycles. The van der Waals surface area contributed by atoms with Crippen molar-refractivity contribution in [2.45, 2.75) is 77.8 Å². The first-order valence-electron chi connectivity index (χ1n) is 8.96. The second-order valence-electron chi connectivity index (χ2n) is 8.80. The van der Waals surface area contributed by atoms with E-state index < -0.39 is 0 Å². The standard InChI is InChI=1S/C18H34N2/c1-18(2,3)15-8-4-5-10-17(15)20-11-13-7-6-9-16(19)14(13)12-20/h13-17H,4-12,19H2,1-3H3. The van der Waals surface area contributed by atoms with Crippen molar-refractivity contribution >= 4 is 0 Å². The van der Waals surface area contributed by atoms with E-state index in [0.29, 0.717) is 11.5 Å². The lowest BCUT2D eigenvalue weighted by atomic mass is 9.69. The molecule has 116 valence electrons. The van der Waals surface area contributed by atoms with Crippen LogP contribution in [0.4, 0.5) is 0 Å². The van der Waals surface area contributed by atoms with Crippen LogP contribution in [0.15, 0.2) is 0 Å². The molecule has 1 saturated heterocycles. The van der Waals surface area contributed by atoms with Crippen LogP contribution < -0.4 is 5.73 Å². The summed E-state index contributed by atoms with van der Waals surface area (Å²) in [7, 11) is 0. The van der Waals surface area contributed by atoms with Crippen molar-refractivity contribution < 1.29 is 0 Å². The molecule has 2 saturated carbocycles. The fraction of sp³-hybridized carbons (Fsp3) is 1.00. The molecular formula is C18H34N2. The second kappa shape index (κ2) is 5.61. The Kier molecular flexibility index (Phi) is 4.16. The zero-order chi connectivity index (χ0) is 14.3. The summed E-state index contributed by atoms with van der Waals surface area (Å²) in [5.41, 5.74) is 6.86. The monoisotopic (exact) mass is 278 g/mol. The number of rotatable bonds is 1. The van der Waals surface area contributed by atoms with E-state index in [0.717, 1.165) is 23.8 Å². The third kappa shape index (κ3) is 2.78. The zero-order valence-electron chi connectivity index (χ0n) is 13.8. The van der Waals surface area contributed by atoms with E-state index in [-0.39, 0.29) is 0 Å². The van der Waals surface area contributed by atoms with Crippen molar-refractivity contribution in [2.75, 3.05) is 13.1 Å². The van der Waals surface area contributed by atoms with Gasteiger partial charge in [0.25, 0.3) is 0 Å². The van der Waals surface area contributed by atoms with E-state index in [1.807, 2.05) is 0 Å². The summed E-state index contributed by atoms with van der Waals surface area (Å²) in [6.07, 6.45) is 9.81. The summed E-state index contributed by atoms with van der Waals surface area (Å²) in [5, 5.41) is 0. The molecule has 3 rings (SSSR count). The van der Waals surface area contributed by atoms with Crippen LogP contribution in [-0.2, 0) is 0 Å². The second-order valence-corrected chi connectivity index (χ2v) is 8.80. The first-order chi connectivity index (χ1) is 9.47. The van der Waals surface area contributed by atoms with Gasteiger partial charge in [-0.1, -0.05) is 40.0 Å². The molecule has 2 nitrogen and oxygen atoms in total. The van der Waals surface area contributed by atoms with Gasteiger partial charge in [0.1, 0.15) is 0 Å².